The number of nitrogens with one attached hydrogen (secondary N) is 2. The molecule has 0 aliphatic carbocycles. The summed E-state index contributed by atoms with van der Waals surface area (Å²) < 4.78 is 5.71. The van der Waals surface area contributed by atoms with E-state index < -0.39 is 0 Å². The van der Waals surface area contributed by atoms with E-state index in [1.54, 1.807) is 6.07 Å². The van der Waals surface area contributed by atoms with Crippen LogP contribution in [0, 0.1) is 13.8 Å². The van der Waals surface area contributed by atoms with E-state index in [9.17, 15) is 4.79 Å². The van der Waals surface area contributed by atoms with Crippen LogP contribution < -0.4 is 10.3 Å². The van der Waals surface area contributed by atoms with Crippen molar-refractivity contribution in [3.05, 3.63) is 77.7 Å². The molecule has 1 aromatic carbocycles. The molecule has 0 saturated carbocycles. The Kier molecular flexibility index (Phi) is 3.97. The first kappa shape index (κ1) is 16.0. The minimum atomic E-state index is -0.210. The number of carbonyl (C=O) groups excluding carboxylic acids is 1. The van der Waals surface area contributed by atoms with Crippen LogP contribution >= 0.6 is 0 Å². The van der Waals surface area contributed by atoms with E-state index in [1.807, 2.05) is 68.4 Å². The summed E-state index contributed by atoms with van der Waals surface area (Å²) in [5.41, 5.74) is 3.02. The number of H-pyrrole nitrogens is 1. The average molecular weight is 344 g/mol. The summed E-state index contributed by atoms with van der Waals surface area (Å²) in [6.45, 7) is 3.78. The van der Waals surface area contributed by atoms with Gasteiger partial charge in [-0.15, -0.1) is 0 Å². The number of aryl methyl sites for hydroxylation is 2. The molecule has 0 radical (unpaired) electrons. The molecule has 5 heteroatoms. The van der Waals surface area contributed by atoms with E-state index in [4.69, 9.17) is 4.42 Å². The maximum Gasteiger partial charge on any atom is 0.257 e. The van der Waals surface area contributed by atoms with E-state index in [0.29, 0.717) is 17.1 Å². The highest BCUT2D eigenvalue weighted by Gasteiger charge is 2.20. The minimum absolute atomic E-state index is 0.210. The summed E-state index contributed by atoms with van der Waals surface area (Å²) in [5, 5.41) is 3.72. The van der Waals surface area contributed by atoms with Crippen LogP contribution in [0.4, 0.5) is 5.82 Å². The van der Waals surface area contributed by atoms with Crippen LogP contribution in [-0.2, 0) is 0 Å². The second kappa shape index (κ2) is 6.44. The van der Waals surface area contributed by atoms with E-state index in [0.717, 1.165) is 28.1 Å². The van der Waals surface area contributed by atoms with Gasteiger partial charge in [-0.1, -0.05) is 18.2 Å². The zero-order chi connectivity index (χ0) is 18.1. The second-order valence-electron chi connectivity index (χ2n) is 6.17. The SMILES string of the molecule is Cc1cccc(NC(=O)c2cc(-c3ccc(C)o3)[nH+]c3ccccc23)n1. The molecular formula is C21H18N3O2+. The Labute approximate surface area is 150 Å². The number of amides is 1. The lowest BCUT2D eigenvalue weighted by Crippen LogP contribution is -2.17. The highest BCUT2D eigenvalue weighted by atomic mass is 16.3. The lowest BCUT2D eigenvalue weighted by molar-refractivity contribution is -0.332. The van der Waals surface area contributed by atoms with E-state index >= 15 is 0 Å². The number of aromatic nitrogens is 2. The van der Waals surface area contributed by atoms with Crippen molar-refractivity contribution in [1.29, 1.82) is 0 Å². The van der Waals surface area contributed by atoms with Gasteiger partial charge in [-0.05, 0) is 44.2 Å². The number of pyridine rings is 2. The zero-order valence-corrected chi connectivity index (χ0v) is 14.5. The van der Waals surface area contributed by atoms with E-state index in [2.05, 4.69) is 15.3 Å². The molecule has 3 aromatic heterocycles. The summed E-state index contributed by atoms with van der Waals surface area (Å²) in [6, 6.07) is 18.8. The van der Waals surface area contributed by atoms with Crippen molar-refractivity contribution in [2.24, 2.45) is 0 Å². The number of para-hydroxylation sites is 1. The Morgan fingerprint density at radius 1 is 1.04 bits per heavy atom. The van der Waals surface area contributed by atoms with Crippen LogP contribution in [-0.4, -0.2) is 10.9 Å². The van der Waals surface area contributed by atoms with Gasteiger partial charge in [0.05, 0.1) is 10.9 Å². The monoisotopic (exact) mass is 344 g/mol. The maximum atomic E-state index is 12.9. The fourth-order valence-electron chi connectivity index (χ4n) is 2.93. The quantitative estimate of drug-likeness (QED) is 0.606. The minimum Gasteiger partial charge on any atom is -0.455 e. The van der Waals surface area contributed by atoms with Gasteiger partial charge >= 0.3 is 0 Å². The fraction of sp³-hybridized carbons (Fsp3) is 0.0952. The first-order chi connectivity index (χ1) is 12.6. The Bertz CT molecular complexity index is 1120. The Morgan fingerprint density at radius 3 is 2.65 bits per heavy atom. The summed E-state index contributed by atoms with van der Waals surface area (Å²) in [6.07, 6.45) is 0. The van der Waals surface area contributed by atoms with Crippen molar-refractivity contribution in [2.45, 2.75) is 13.8 Å². The number of fused-ring (bicyclic) bond motifs is 1. The lowest BCUT2D eigenvalue weighted by atomic mass is 10.1. The number of carbonyl (C=O) groups is 1. The fourth-order valence-corrected chi connectivity index (χ4v) is 2.93. The number of anilines is 1. The van der Waals surface area contributed by atoms with Crippen LogP contribution in [0.15, 0.2) is 65.1 Å². The van der Waals surface area contributed by atoms with Gasteiger partial charge in [0, 0.05) is 17.8 Å². The predicted octanol–water partition coefficient (Wildman–Crippen LogP) is 4.18. The third kappa shape index (κ3) is 3.07. The molecule has 4 aromatic rings. The molecule has 0 unspecified atom stereocenters. The summed E-state index contributed by atoms with van der Waals surface area (Å²) >= 11 is 0. The van der Waals surface area contributed by atoms with Gasteiger partial charge in [0.25, 0.3) is 5.91 Å². The molecule has 0 bridgehead atoms. The third-order valence-electron chi connectivity index (χ3n) is 4.16. The zero-order valence-electron chi connectivity index (χ0n) is 14.5. The molecule has 0 aliphatic rings. The second-order valence-corrected chi connectivity index (χ2v) is 6.17. The van der Waals surface area contributed by atoms with Gasteiger partial charge in [0.15, 0.2) is 5.76 Å². The van der Waals surface area contributed by atoms with Crippen LogP contribution in [0.5, 0.6) is 0 Å². The number of rotatable bonds is 3. The van der Waals surface area contributed by atoms with Crippen LogP contribution in [0.3, 0.4) is 0 Å². The molecule has 0 aliphatic heterocycles. The molecule has 4 rings (SSSR count). The predicted molar refractivity (Wildman–Crippen MR) is 99.9 cm³/mol. The molecule has 1 amide bonds. The van der Waals surface area contributed by atoms with Gasteiger partial charge in [-0.3, -0.25) is 4.79 Å². The Morgan fingerprint density at radius 2 is 1.88 bits per heavy atom. The molecule has 2 N–H and O–H groups in total. The third-order valence-corrected chi connectivity index (χ3v) is 4.16. The average Bonchev–Trinajstić information content (AvgIpc) is 3.07. The normalized spacial score (nSPS) is 10.8. The van der Waals surface area contributed by atoms with Gasteiger partial charge in [-0.2, -0.15) is 0 Å². The molecule has 5 nitrogen and oxygen atoms in total. The van der Waals surface area contributed by atoms with Crippen molar-refractivity contribution in [3.8, 4) is 11.5 Å². The number of nitrogens with zero attached hydrogens (tertiary/aromatic N) is 1. The Hall–Kier alpha value is -3.47. The number of hydrogen-bond donors (Lipinski definition) is 1. The van der Waals surface area contributed by atoms with Gasteiger partial charge in [-0.25, -0.2) is 9.97 Å². The van der Waals surface area contributed by atoms with Crippen molar-refractivity contribution in [2.75, 3.05) is 5.32 Å². The largest absolute Gasteiger partial charge is 0.455 e. The first-order valence-electron chi connectivity index (χ1n) is 8.37. The molecule has 0 fully saturated rings. The molecule has 0 saturated heterocycles. The van der Waals surface area contributed by atoms with Crippen LogP contribution in [0.1, 0.15) is 21.8 Å². The number of hydrogen-bond acceptors (Lipinski definition) is 3. The van der Waals surface area contributed by atoms with E-state index in [1.165, 1.54) is 0 Å². The molecule has 0 spiro atoms. The van der Waals surface area contributed by atoms with Crippen LogP contribution in [0.25, 0.3) is 22.4 Å². The van der Waals surface area contributed by atoms with Crippen LogP contribution in [0.2, 0.25) is 0 Å². The molecule has 26 heavy (non-hydrogen) atoms. The van der Waals surface area contributed by atoms with E-state index in [-0.39, 0.29) is 5.91 Å². The highest BCUT2D eigenvalue weighted by molar-refractivity contribution is 6.12. The molecule has 128 valence electrons. The summed E-state index contributed by atoms with van der Waals surface area (Å²) in [4.78, 5) is 20.6. The smallest absolute Gasteiger partial charge is 0.257 e. The standard InChI is InChI=1S/C21H17N3O2/c1-13-6-5-9-20(22-13)24-21(25)16-12-18(19-11-10-14(2)26-19)23-17-8-4-3-7-15(16)17/h3-12H,1-2H3,(H,22,24,25)/p+1. The van der Waals surface area contributed by atoms with Gasteiger partial charge in [0.1, 0.15) is 11.6 Å². The summed E-state index contributed by atoms with van der Waals surface area (Å²) in [5.74, 6) is 1.83. The summed E-state index contributed by atoms with van der Waals surface area (Å²) in [7, 11) is 0. The molecular weight excluding hydrogens is 326 g/mol. The number of furan rings is 1. The number of benzene rings is 1. The van der Waals surface area contributed by atoms with Crippen molar-refractivity contribution >= 4 is 22.6 Å². The molecule has 0 atom stereocenters. The molecule has 3 heterocycles. The van der Waals surface area contributed by atoms with Gasteiger partial charge in [0.2, 0.25) is 11.2 Å². The topological polar surface area (TPSA) is 69.3 Å². The van der Waals surface area contributed by atoms with Crippen molar-refractivity contribution < 1.29 is 14.2 Å². The van der Waals surface area contributed by atoms with Crippen molar-refractivity contribution in [1.82, 2.24) is 4.98 Å². The maximum absolute atomic E-state index is 12.9. The Balaban J connectivity index is 1.81. The lowest BCUT2D eigenvalue weighted by Gasteiger charge is -2.07. The van der Waals surface area contributed by atoms with Crippen molar-refractivity contribution in [3.63, 3.8) is 0 Å². The first-order valence-corrected chi connectivity index (χ1v) is 8.37. The van der Waals surface area contributed by atoms with Gasteiger partial charge < -0.3 is 9.73 Å². The highest BCUT2D eigenvalue weighted by Crippen LogP contribution is 2.24. The number of aromatic amines is 1.